The molecule has 14 heavy (non-hydrogen) atoms. The van der Waals surface area contributed by atoms with Crippen molar-refractivity contribution in [2.24, 2.45) is 5.73 Å². The summed E-state index contributed by atoms with van der Waals surface area (Å²) in [5.74, 6) is 0.950. The van der Waals surface area contributed by atoms with Gasteiger partial charge in [0.05, 0.1) is 6.04 Å². The van der Waals surface area contributed by atoms with Gasteiger partial charge in [-0.3, -0.25) is 0 Å². The lowest BCUT2D eigenvalue weighted by Crippen LogP contribution is -2.13. The van der Waals surface area contributed by atoms with Gasteiger partial charge in [-0.2, -0.15) is 0 Å². The summed E-state index contributed by atoms with van der Waals surface area (Å²) in [5.41, 5.74) is 8.58. The van der Waals surface area contributed by atoms with Crippen LogP contribution in [0.3, 0.4) is 0 Å². The highest BCUT2D eigenvalue weighted by atomic mass is 16.5. The Balaban J connectivity index is 2.45. The molecule has 2 nitrogen and oxygen atoms in total. The van der Waals surface area contributed by atoms with Crippen LogP contribution in [0.2, 0.25) is 0 Å². The van der Waals surface area contributed by atoms with Crippen molar-refractivity contribution in [3.63, 3.8) is 0 Å². The fourth-order valence-corrected chi connectivity index (χ4v) is 1.71. The van der Waals surface area contributed by atoms with Gasteiger partial charge in [-0.1, -0.05) is 26.8 Å². The molecule has 0 saturated carbocycles. The Hall–Kier alpha value is -1.02. The molecule has 2 rings (SSSR count). The second-order valence-corrected chi connectivity index (χ2v) is 4.92. The third-order valence-corrected chi connectivity index (χ3v) is 2.69. The highest BCUT2D eigenvalue weighted by Gasteiger charge is 2.23. The van der Waals surface area contributed by atoms with Crippen LogP contribution in [0.4, 0.5) is 0 Å². The SMILES string of the molecule is CC(C)(C)c1ccc2c(c1)C(N)CO2. The highest BCUT2D eigenvalue weighted by Crippen LogP contribution is 2.34. The summed E-state index contributed by atoms with van der Waals surface area (Å²) in [6.07, 6.45) is 0. The Bertz CT molecular complexity index is 352. The molecule has 2 heteroatoms. The van der Waals surface area contributed by atoms with Gasteiger partial charge in [0.25, 0.3) is 0 Å². The van der Waals surface area contributed by atoms with Gasteiger partial charge in [-0.05, 0) is 23.1 Å². The molecule has 1 heterocycles. The molecule has 1 unspecified atom stereocenters. The molecule has 0 bridgehead atoms. The Morgan fingerprint density at radius 2 is 2.07 bits per heavy atom. The average Bonchev–Trinajstić information content (AvgIpc) is 2.46. The van der Waals surface area contributed by atoms with E-state index in [0.29, 0.717) is 6.61 Å². The van der Waals surface area contributed by atoms with Crippen LogP contribution in [-0.4, -0.2) is 6.61 Å². The number of ether oxygens (including phenoxy) is 1. The first-order valence-electron chi connectivity index (χ1n) is 5.01. The van der Waals surface area contributed by atoms with Crippen LogP contribution in [0.15, 0.2) is 18.2 Å². The van der Waals surface area contributed by atoms with Crippen molar-refractivity contribution in [3.8, 4) is 5.75 Å². The predicted molar refractivity (Wildman–Crippen MR) is 57.6 cm³/mol. The molecule has 1 aromatic rings. The number of hydrogen-bond acceptors (Lipinski definition) is 2. The summed E-state index contributed by atoms with van der Waals surface area (Å²) in [4.78, 5) is 0. The minimum atomic E-state index is 0.0484. The van der Waals surface area contributed by atoms with Crippen molar-refractivity contribution in [3.05, 3.63) is 29.3 Å². The first kappa shape index (κ1) is 9.53. The summed E-state index contributed by atoms with van der Waals surface area (Å²) < 4.78 is 5.45. The zero-order valence-electron chi connectivity index (χ0n) is 9.00. The van der Waals surface area contributed by atoms with E-state index < -0.39 is 0 Å². The molecule has 0 aliphatic carbocycles. The molecule has 0 amide bonds. The predicted octanol–water partition coefficient (Wildman–Crippen LogP) is 2.38. The molecular formula is C12H17NO. The van der Waals surface area contributed by atoms with Gasteiger partial charge < -0.3 is 10.5 Å². The summed E-state index contributed by atoms with van der Waals surface area (Å²) in [5, 5.41) is 0. The topological polar surface area (TPSA) is 35.2 Å². The van der Waals surface area contributed by atoms with Gasteiger partial charge in [0.1, 0.15) is 12.4 Å². The zero-order chi connectivity index (χ0) is 10.3. The van der Waals surface area contributed by atoms with Gasteiger partial charge in [-0.15, -0.1) is 0 Å². The van der Waals surface area contributed by atoms with E-state index in [1.54, 1.807) is 0 Å². The van der Waals surface area contributed by atoms with Crippen LogP contribution >= 0.6 is 0 Å². The van der Waals surface area contributed by atoms with Gasteiger partial charge >= 0.3 is 0 Å². The monoisotopic (exact) mass is 191 g/mol. The number of nitrogens with two attached hydrogens (primary N) is 1. The van der Waals surface area contributed by atoms with Crippen molar-refractivity contribution in [2.45, 2.75) is 32.2 Å². The van der Waals surface area contributed by atoms with Crippen molar-refractivity contribution >= 4 is 0 Å². The normalized spacial score (nSPS) is 20.4. The number of rotatable bonds is 0. The molecule has 0 radical (unpaired) electrons. The van der Waals surface area contributed by atoms with Crippen LogP contribution < -0.4 is 10.5 Å². The van der Waals surface area contributed by atoms with Crippen LogP contribution in [0, 0.1) is 0 Å². The quantitative estimate of drug-likeness (QED) is 0.683. The lowest BCUT2D eigenvalue weighted by molar-refractivity contribution is 0.333. The lowest BCUT2D eigenvalue weighted by atomic mass is 9.85. The van der Waals surface area contributed by atoms with Crippen molar-refractivity contribution in [2.75, 3.05) is 6.61 Å². The third-order valence-electron chi connectivity index (χ3n) is 2.69. The molecule has 1 atom stereocenters. The smallest absolute Gasteiger partial charge is 0.124 e. The minimum Gasteiger partial charge on any atom is -0.491 e. The second kappa shape index (κ2) is 2.99. The molecule has 0 aromatic heterocycles. The lowest BCUT2D eigenvalue weighted by Gasteiger charge is -2.19. The van der Waals surface area contributed by atoms with E-state index in [2.05, 4.69) is 32.9 Å². The molecular weight excluding hydrogens is 174 g/mol. The van der Waals surface area contributed by atoms with Crippen LogP contribution in [-0.2, 0) is 5.41 Å². The van der Waals surface area contributed by atoms with Crippen LogP contribution in [0.1, 0.15) is 37.9 Å². The molecule has 76 valence electrons. The third kappa shape index (κ3) is 1.50. The Morgan fingerprint density at radius 1 is 1.36 bits per heavy atom. The summed E-state index contributed by atoms with van der Waals surface area (Å²) >= 11 is 0. The molecule has 1 aromatic carbocycles. The highest BCUT2D eigenvalue weighted by molar-refractivity contribution is 5.43. The second-order valence-electron chi connectivity index (χ2n) is 4.92. The Kier molecular flexibility index (Phi) is 2.04. The standard InChI is InChI=1S/C12H17NO/c1-12(2,3)8-4-5-11-9(6-8)10(13)7-14-11/h4-6,10H,7,13H2,1-3H3. The van der Waals surface area contributed by atoms with Gasteiger partial charge in [-0.25, -0.2) is 0 Å². The first-order valence-corrected chi connectivity index (χ1v) is 5.01. The molecule has 1 aliphatic heterocycles. The fourth-order valence-electron chi connectivity index (χ4n) is 1.71. The van der Waals surface area contributed by atoms with E-state index in [1.807, 2.05) is 6.07 Å². The first-order chi connectivity index (χ1) is 6.48. The van der Waals surface area contributed by atoms with Crippen molar-refractivity contribution < 1.29 is 4.74 Å². The van der Waals surface area contributed by atoms with E-state index in [-0.39, 0.29) is 11.5 Å². The maximum atomic E-state index is 5.93. The maximum Gasteiger partial charge on any atom is 0.124 e. The van der Waals surface area contributed by atoms with Crippen LogP contribution in [0.5, 0.6) is 5.75 Å². The van der Waals surface area contributed by atoms with Gasteiger partial charge in [0.2, 0.25) is 0 Å². The molecule has 0 saturated heterocycles. The van der Waals surface area contributed by atoms with E-state index in [1.165, 1.54) is 5.56 Å². The fraction of sp³-hybridized carbons (Fsp3) is 0.500. The minimum absolute atomic E-state index is 0.0484. The largest absolute Gasteiger partial charge is 0.491 e. The van der Waals surface area contributed by atoms with Crippen LogP contribution in [0.25, 0.3) is 0 Å². The summed E-state index contributed by atoms with van der Waals surface area (Å²) in [6.45, 7) is 7.23. The molecule has 0 spiro atoms. The van der Waals surface area contributed by atoms with E-state index in [4.69, 9.17) is 10.5 Å². The Morgan fingerprint density at radius 3 is 2.71 bits per heavy atom. The van der Waals surface area contributed by atoms with E-state index in [0.717, 1.165) is 11.3 Å². The van der Waals surface area contributed by atoms with E-state index in [9.17, 15) is 0 Å². The van der Waals surface area contributed by atoms with Crippen molar-refractivity contribution in [1.82, 2.24) is 0 Å². The molecule has 1 aliphatic rings. The molecule has 0 fully saturated rings. The number of hydrogen-bond donors (Lipinski definition) is 1. The van der Waals surface area contributed by atoms with Gasteiger partial charge in [0, 0.05) is 5.56 Å². The zero-order valence-corrected chi connectivity index (χ0v) is 9.00. The maximum absolute atomic E-state index is 5.93. The molecule has 2 N–H and O–H groups in total. The average molecular weight is 191 g/mol. The number of benzene rings is 1. The summed E-state index contributed by atoms with van der Waals surface area (Å²) in [6, 6.07) is 6.37. The summed E-state index contributed by atoms with van der Waals surface area (Å²) in [7, 11) is 0. The van der Waals surface area contributed by atoms with Crippen molar-refractivity contribution in [1.29, 1.82) is 0 Å². The van der Waals surface area contributed by atoms with E-state index >= 15 is 0 Å². The Labute approximate surface area is 85.1 Å². The van der Waals surface area contributed by atoms with Gasteiger partial charge in [0.15, 0.2) is 0 Å². The number of fused-ring (bicyclic) bond motifs is 1.